The third-order valence-electron chi connectivity index (χ3n) is 2.85. The minimum absolute atomic E-state index is 0.0845. The summed E-state index contributed by atoms with van der Waals surface area (Å²) in [6.45, 7) is 7.36. The average Bonchev–Trinajstić information content (AvgIpc) is 2.65. The molecule has 1 N–H and O–H groups in total. The number of ether oxygens (including phenoxy) is 1. The second-order valence-electron chi connectivity index (χ2n) is 4.60. The van der Waals surface area contributed by atoms with Gasteiger partial charge in [-0.2, -0.15) is 0 Å². The first kappa shape index (κ1) is 10.7. The molecule has 1 aliphatic rings. The molecule has 15 heavy (non-hydrogen) atoms. The molecule has 1 aromatic rings. The van der Waals surface area contributed by atoms with E-state index in [2.05, 4.69) is 50.4 Å². The molecule has 82 valence electrons. The lowest BCUT2D eigenvalue weighted by Gasteiger charge is -2.12. The molecule has 1 saturated heterocycles. The lowest BCUT2D eigenvalue weighted by molar-refractivity contribution is 0.101. The Balaban J connectivity index is 2.10. The maximum atomic E-state index is 5.64. The van der Waals surface area contributed by atoms with E-state index in [9.17, 15) is 0 Å². The van der Waals surface area contributed by atoms with Gasteiger partial charge in [0.05, 0.1) is 6.61 Å². The van der Waals surface area contributed by atoms with Gasteiger partial charge in [-0.25, -0.2) is 0 Å². The number of hydrogen-bond acceptors (Lipinski definition) is 2. The SMILES string of the molecule is CC1COC(c2ccc(C(C)C)cc2)N1. The predicted molar refractivity (Wildman–Crippen MR) is 61.8 cm³/mol. The molecule has 2 heteroatoms. The van der Waals surface area contributed by atoms with E-state index in [4.69, 9.17) is 4.74 Å². The van der Waals surface area contributed by atoms with E-state index >= 15 is 0 Å². The number of rotatable bonds is 2. The second-order valence-corrected chi connectivity index (χ2v) is 4.60. The zero-order valence-corrected chi connectivity index (χ0v) is 9.66. The van der Waals surface area contributed by atoms with Crippen LogP contribution >= 0.6 is 0 Å². The summed E-state index contributed by atoms with van der Waals surface area (Å²) in [4.78, 5) is 0. The summed E-state index contributed by atoms with van der Waals surface area (Å²) >= 11 is 0. The molecule has 0 aromatic heterocycles. The Morgan fingerprint density at radius 3 is 2.40 bits per heavy atom. The Morgan fingerprint density at radius 1 is 1.27 bits per heavy atom. The van der Waals surface area contributed by atoms with Gasteiger partial charge in [-0.1, -0.05) is 38.1 Å². The van der Waals surface area contributed by atoms with E-state index in [1.54, 1.807) is 0 Å². The van der Waals surface area contributed by atoms with Crippen LogP contribution < -0.4 is 5.32 Å². The maximum absolute atomic E-state index is 5.64. The molecule has 0 spiro atoms. The van der Waals surface area contributed by atoms with E-state index in [-0.39, 0.29) is 6.23 Å². The van der Waals surface area contributed by atoms with Crippen LogP contribution in [0.25, 0.3) is 0 Å². The Bertz CT molecular complexity index is 318. The lowest BCUT2D eigenvalue weighted by atomic mass is 10.0. The van der Waals surface area contributed by atoms with Crippen molar-refractivity contribution in [2.45, 2.75) is 39.0 Å². The zero-order valence-electron chi connectivity index (χ0n) is 9.66. The lowest BCUT2D eigenvalue weighted by Crippen LogP contribution is -2.22. The fraction of sp³-hybridized carbons (Fsp3) is 0.538. The van der Waals surface area contributed by atoms with Crippen molar-refractivity contribution in [2.75, 3.05) is 6.61 Å². The van der Waals surface area contributed by atoms with Gasteiger partial charge in [0.25, 0.3) is 0 Å². The molecule has 0 radical (unpaired) electrons. The first-order valence-electron chi connectivity index (χ1n) is 5.64. The van der Waals surface area contributed by atoms with Gasteiger partial charge in [0.1, 0.15) is 6.23 Å². The molecule has 1 aromatic carbocycles. The molecule has 0 saturated carbocycles. The van der Waals surface area contributed by atoms with Gasteiger partial charge >= 0.3 is 0 Å². The summed E-state index contributed by atoms with van der Waals surface area (Å²) in [5, 5.41) is 3.40. The molecule has 0 bridgehead atoms. The molecule has 1 aliphatic heterocycles. The Labute approximate surface area is 91.6 Å². The van der Waals surface area contributed by atoms with Crippen molar-refractivity contribution in [3.63, 3.8) is 0 Å². The first-order chi connectivity index (χ1) is 7.16. The van der Waals surface area contributed by atoms with Crippen molar-refractivity contribution in [1.82, 2.24) is 5.32 Å². The van der Waals surface area contributed by atoms with Crippen LogP contribution in [0.2, 0.25) is 0 Å². The topological polar surface area (TPSA) is 21.3 Å². The van der Waals surface area contributed by atoms with Crippen molar-refractivity contribution < 1.29 is 4.74 Å². The van der Waals surface area contributed by atoms with Gasteiger partial charge < -0.3 is 4.74 Å². The minimum Gasteiger partial charge on any atom is -0.357 e. The fourth-order valence-corrected chi connectivity index (χ4v) is 1.84. The highest BCUT2D eigenvalue weighted by molar-refractivity contribution is 5.26. The van der Waals surface area contributed by atoms with E-state index in [1.807, 2.05) is 0 Å². The second kappa shape index (κ2) is 4.33. The van der Waals surface area contributed by atoms with E-state index in [0.29, 0.717) is 12.0 Å². The van der Waals surface area contributed by atoms with Crippen molar-refractivity contribution >= 4 is 0 Å². The van der Waals surface area contributed by atoms with Gasteiger partial charge in [0.2, 0.25) is 0 Å². The van der Waals surface area contributed by atoms with Gasteiger partial charge in [-0.05, 0) is 24.0 Å². The van der Waals surface area contributed by atoms with Gasteiger partial charge in [0.15, 0.2) is 0 Å². The van der Waals surface area contributed by atoms with Gasteiger partial charge in [0, 0.05) is 6.04 Å². The van der Waals surface area contributed by atoms with Crippen molar-refractivity contribution in [3.05, 3.63) is 35.4 Å². The third-order valence-corrected chi connectivity index (χ3v) is 2.85. The Hall–Kier alpha value is -0.860. The van der Waals surface area contributed by atoms with Gasteiger partial charge in [-0.3, -0.25) is 5.32 Å². The molecule has 2 atom stereocenters. The molecular formula is C13H19NO. The summed E-state index contributed by atoms with van der Waals surface area (Å²) in [5.41, 5.74) is 2.61. The van der Waals surface area contributed by atoms with Crippen molar-refractivity contribution in [1.29, 1.82) is 0 Å². The standard InChI is InChI=1S/C13H19NO/c1-9(2)11-4-6-12(7-5-11)13-14-10(3)8-15-13/h4-7,9-10,13-14H,8H2,1-3H3. The van der Waals surface area contributed by atoms with E-state index < -0.39 is 0 Å². The highest BCUT2D eigenvalue weighted by Crippen LogP contribution is 2.22. The highest BCUT2D eigenvalue weighted by Gasteiger charge is 2.21. The molecule has 1 heterocycles. The van der Waals surface area contributed by atoms with Crippen LogP contribution in [0, 0.1) is 0 Å². The number of hydrogen-bond donors (Lipinski definition) is 1. The van der Waals surface area contributed by atoms with Crippen LogP contribution in [-0.2, 0) is 4.74 Å². The van der Waals surface area contributed by atoms with Crippen LogP contribution in [0.15, 0.2) is 24.3 Å². The number of benzene rings is 1. The molecule has 0 amide bonds. The largest absolute Gasteiger partial charge is 0.357 e. The zero-order chi connectivity index (χ0) is 10.8. The van der Waals surface area contributed by atoms with Crippen LogP contribution in [0.4, 0.5) is 0 Å². The van der Waals surface area contributed by atoms with Crippen LogP contribution in [0.5, 0.6) is 0 Å². The Morgan fingerprint density at radius 2 is 1.93 bits per heavy atom. The average molecular weight is 205 g/mol. The number of nitrogens with one attached hydrogen (secondary N) is 1. The molecule has 2 unspecified atom stereocenters. The first-order valence-corrected chi connectivity index (χ1v) is 5.64. The molecule has 0 aliphatic carbocycles. The minimum atomic E-state index is 0.0845. The molecule has 2 rings (SSSR count). The fourth-order valence-electron chi connectivity index (χ4n) is 1.84. The Kier molecular flexibility index (Phi) is 3.08. The monoisotopic (exact) mass is 205 g/mol. The van der Waals surface area contributed by atoms with Gasteiger partial charge in [-0.15, -0.1) is 0 Å². The van der Waals surface area contributed by atoms with Crippen molar-refractivity contribution in [2.24, 2.45) is 0 Å². The van der Waals surface area contributed by atoms with Crippen molar-refractivity contribution in [3.8, 4) is 0 Å². The molecule has 1 fully saturated rings. The predicted octanol–water partition coefficient (Wildman–Crippen LogP) is 2.82. The van der Waals surface area contributed by atoms with Crippen LogP contribution in [-0.4, -0.2) is 12.6 Å². The maximum Gasteiger partial charge on any atom is 0.134 e. The smallest absolute Gasteiger partial charge is 0.134 e. The summed E-state index contributed by atoms with van der Waals surface area (Å²) in [6, 6.07) is 9.15. The summed E-state index contributed by atoms with van der Waals surface area (Å²) in [7, 11) is 0. The summed E-state index contributed by atoms with van der Waals surface area (Å²) in [6.07, 6.45) is 0.0845. The normalized spacial score (nSPS) is 26.1. The van der Waals surface area contributed by atoms with Crippen LogP contribution in [0.1, 0.15) is 44.0 Å². The summed E-state index contributed by atoms with van der Waals surface area (Å²) < 4.78 is 5.64. The van der Waals surface area contributed by atoms with Crippen LogP contribution in [0.3, 0.4) is 0 Å². The highest BCUT2D eigenvalue weighted by atomic mass is 16.5. The van der Waals surface area contributed by atoms with E-state index in [1.165, 1.54) is 11.1 Å². The molecular weight excluding hydrogens is 186 g/mol. The summed E-state index contributed by atoms with van der Waals surface area (Å²) in [5.74, 6) is 0.593. The third kappa shape index (κ3) is 2.39. The molecule has 2 nitrogen and oxygen atoms in total. The van der Waals surface area contributed by atoms with E-state index in [0.717, 1.165) is 6.61 Å². The quantitative estimate of drug-likeness (QED) is 0.801.